The topological polar surface area (TPSA) is 32.3 Å². The second-order valence-electron chi connectivity index (χ2n) is 3.43. The first-order chi connectivity index (χ1) is 6.79. The van der Waals surface area contributed by atoms with Crippen molar-refractivity contribution in [1.29, 1.82) is 0 Å². The number of hydrogen-bond acceptors (Lipinski definition) is 2. The Labute approximate surface area is 86.0 Å². The summed E-state index contributed by atoms with van der Waals surface area (Å²) >= 11 is 0. The lowest BCUT2D eigenvalue weighted by Crippen LogP contribution is -2.34. The second kappa shape index (κ2) is 5.78. The van der Waals surface area contributed by atoms with Gasteiger partial charge in [0.25, 0.3) is 0 Å². The molecule has 1 aromatic carbocycles. The lowest BCUT2D eigenvalue weighted by atomic mass is 10.0. The van der Waals surface area contributed by atoms with Crippen LogP contribution in [0.3, 0.4) is 0 Å². The molecule has 78 valence electrons. The molecule has 2 N–H and O–H groups in total. The van der Waals surface area contributed by atoms with Gasteiger partial charge in [0.1, 0.15) is 0 Å². The zero-order valence-corrected chi connectivity index (χ0v) is 8.90. The van der Waals surface area contributed by atoms with Crippen molar-refractivity contribution < 1.29 is 5.11 Å². The van der Waals surface area contributed by atoms with E-state index >= 15 is 0 Å². The van der Waals surface area contributed by atoms with E-state index in [-0.39, 0.29) is 6.04 Å². The minimum atomic E-state index is -0.402. The van der Waals surface area contributed by atoms with E-state index in [1.807, 2.05) is 30.3 Å². The van der Waals surface area contributed by atoms with Crippen molar-refractivity contribution in [2.45, 2.75) is 32.4 Å². The number of hydrogen-bond donors (Lipinski definition) is 2. The highest BCUT2D eigenvalue weighted by Gasteiger charge is 2.17. The molecular weight excluding hydrogens is 174 g/mol. The van der Waals surface area contributed by atoms with Crippen LogP contribution in [0.25, 0.3) is 0 Å². The smallest absolute Gasteiger partial charge is 0.0942 e. The molecule has 2 nitrogen and oxygen atoms in total. The van der Waals surface area contributed by atoms with Crippen LogP contribution in [0.4, 0.5) is 0 Å². The van der Waals surface area contributed by atoms with Crippen molar-refractivity contribution in [2.75, 3.05) is 6.54 Å². The summed E-state index contributed by atoms with van der Waals surface area (Å²) in [7, 11) is 0. The number of aliphatic hydroxyl groups is 1. The Hall–Kier alpha value is -0.860. The third-order valence-corrected chi connectivity index (χ3v) is 2.43. The summed E-state index contributed by atoms with van der Waals surface area (Å²) in [6, 6.07) is 9.95. The highest BCUT2D eigenvalue weighted by Crippen LogP contribution is 2.18. The minimum absolute atomic E-state index is 0.155. The van der Waals surface area contributed by atoms with Gasteiger partial charge < -0.3 is 10.4 Å². The molecule has 2 heteroatoms. The summed E-state index contributed by atoms with van der Waals surface area (Å²) in [5.74, 6) is 0. The first-order valence-corrected chi connectivity index (χ1v) is 5.26. The van der Waals surface area contributed by atoms with Gasteiger partial charge in [-0.2, -0.15) is 0 Å². The number of nitrogens with one attached hydrogen (secondary N) is 1. The second-order valence-corrected chi connectivity index (χ2v) is 3.43. The van der Waals surface area contributed by atoms with Crippen LogP contribution in [0.1, 0.15) is 31.9 Å². The molecule has 14 heavy (non-hydrogen) atoms. The number of likely N-dealkylation sites (N-methyl/N-ethyl adjacent to an activating group) is 1. The van der Waals surface area contributed by atoms with Gasteiger partial charge in [-0.05, 0) is 18.5 Å². The molecule has 1 rings (SSSR count). The molecule has 0 aliphatic rings. The molecule has 0 heterocycles. The van der Waals surface area contributed by atoms with E-state index in [0.717, 1.165) is 18.5 Å². The number of benzene rings is 1. The van der Waals surface area contributed by atoms with E-state index in [1.54, 1.807) is 0 Å². The van der Waals surface area contributed by atoms with E-state index in [0.29, 0.717) is 0 Å². The summed E-state index contributed by atoms with van der Waals surface area (Å²) in [6.45, 7) is 5.03. The molecule has 0 fully saturated rings. The maximum atomic E-state index is 10.0. The monoisotopic (exact) mass is 193 g/mol. The third kappa shape index (κ3) is 2.82. The Morgan fingerprint density at radius 1 is 1.21 bits per heavy atom. The van der Waals surface area contributed by atoms with Crippen molar-refractivity contribution >= 4 is 0 Å². The fourth-order valence-corrected chi connectivity index (χ4v) is 1.62. The molecule has 0 saturated carbocycles. The Balaban J connectivity index is 2.67. The zero-order valence-electron chi connectivity index (χ0n) is 8.90. The molecule has 2 atom stereocenters. The van der Waals surface area contributed by atoms with E-state index in [4.69, 9.17) is 0 Å². The summed E-state index contributed by atoms with van der Waals surface area (Å²) in [4.78, 5) is 0. The van der Waals surface area contributed by atoms with Crippen molar-refractivity contribution in [3.8, 4) is 0 Å². The van der Waals surface area contributed by atoms with E-state index in [1.165, 1.54) is 0 Å². The maximum Gasteiger partial charge on any atom is 0.0942 e. The van der Waals surface area contributed by atoms with Gasteiger partial charge in [-0.3, -0.25) is 0 Å². The van der Waals surface area contributed by atoms with Gasteiger partial charge in [0, 0.05) is 6.04 Å². The van der Waals surface area contributed by atoms with Gasteiger partial charge in [0.05, 0.1) is 6.10 Å². The number of rotatable bonds is 5. The molecule has 0 saturated heterocycles. The van der Waals surface area contributed by atoms with Crippen molar-refractivity contribution in [1.82, 2.24) is 5.32 Å². The van der Waals surface area contributed by atoms with Crippen LogP contribution >= 0.6 is 0 Å². The highest BCUT2D eigenvalue weighted by atomic mass is 16.3. The predicted molar refractivity (Wildman–Crippen MR) is 59.2 cm³/mol. The van der Waals surface area contributed by atoms with Crippen molar-refractivity contribution in [3.05, 3.63) is 35.9 Å². The molecule has 1 aromatic rings. The molecule has 2 unspecified atom stereocenters. The average molecular weight is 193 g/mol. The van der Waals surface area contributed by atoms with Crippen LogP contribution in [0.15, 0.2) is 30.3 Å². The maximum absolute atomic E-state index is 10.0. The Kier molecular flexibility index (Phi) is 4.63. The Bertz CT molecular complexity index is 248. The van der Waals surface area contributed by atoms with Crippen LogP contribution in [0.2, 0.25) is 0 Å². The van der Waals surface area contributed by atoms with Crippen molar-refractivity contribution in [3.63, 3.8) is 0 Å². The van der Waals surface area contributed by atoms with Crippen LogP contribution in [0, 0.1) is 0 Å². The van der Waals surface area contributed by atoms with Crippen molar-refractivity contribution in [2.24, 2.45) is 0 Å². The lowest BCUT2D eigenvalue weighted by molar-refractivity contribution is 0.127. The molecule has 0 aliphatic heterocycles. The number of aliphatic hydroxyl groups excluding tert-OH is 1. The normalized spacial score (nSPS) is 15.1. The van der Waals surface area contributed by atoms with Crippen LogP contribution in [-0.2, 0) is 0 Å². The van der Waals surface area contributed by atoms with E-state index in [2.05, 4.69) is 19.2 Å². The Morgan fingerprint density at radius 3 is 2.36 bits per heavy atom. The Morgan fingerprint density at radius 2 is 1.86 bits per heavy atom. The summed E-state index contributed by atoms with van der Waals surface area (Å²) in [5, 5.41) is 13.3. The molecule has 0 aromatic heterocycles. The molecule has 0 aliphatic carbocycles. The predicted octanol–water partition coefficient (Wildman–Crippen LogP) is 2.11. The van der Waals surface area contributed by atoms with Gasteiger partial charge in [-0.1, -0.05) is 44.2 Å². The quantitative estimate of drug-likeness (QED) is 0.750. The molecular formula is C12H19NO. The van der Waals surface area contributed by atoms with Gasteiger partial charge >= 0.3 is 0 Å². The minimum Gasteiger partial charge on any atom is -0.387 e. The van der Waals surface area contributed by atoms with Gasteiger partial charge in [-0.15, -0.1) is 0 Å². The fraction of sp³-hybridized carbons (Fsp3) is 0.500. The first-order valence-electron chi connectivity index (χ1n) is 5.26. The lowest BCUT2D eigenvalue weighted by Gasteiger charge is -2.22. The summed E-state index contributed by atoms with van der Waals surface area (Å²) in [6.07, 6.45) is 0.533. The van der Waals surface area contributed by atoms with E-state index < -0.39 is 6.10 Å². The highest BCUT2D eigenvalue weighted by molar-refractivity contribution is 5.18. The van der Waals surface area contributed by atoms with Crippen LogP contribution < -0.4 is 5.32 Å². The first kappa shape index (κ1) is 11.2. The fourth-order valence-electron chi connectivity index (χ4n) is 1.62. The summed E-state index contributed by atoms with van der Waals surface area (Å²) < 4.78 is 0. The zero-order chi connectivity index (χ0) is 10.4. The average Bonchev–Trinajstić information content (AvgIpc) is 2.26. The van der Waals surface area contributed by atoms with E-state index in [9.17, 15) is 5.11 Å². The van der Waals surface area contributed by atoms with Crippen LogP contribution in [-0.4, -0.2) is 17.7 Å². The molecule has 0 spiro atoms. The SMILES string of the molecule is CCNC(CC)C(O)c1ccccc1. The van der Waals surface area contributed by atoms with Gasteiger partial charge in [-0.25, -0.2) is 0 Å². The largest absolute Gasteiger partial charge is 0.387 e. The summed E-state index contributed by atoms with van der Waals surface area (Å²) in [5.41, 5.74) is 0.986. The molecule has 0 radical (unpaired) electrons. The van der Waals surface area contributed by atoms with Gasteiger partial charge in [0.2, 0.25) is 0 Å². The van der Waals surface area contributed by atoms with Gasteiger partial charge in [0.15, 0.2) is 0 Å². The third-order valence-electron chi connectivity index (χ3n) is 2.43. The van der Waals surface area contributed by atoms with Crippen LogP contribution in [0.5, 0.6) is 0 Å². The molecule has 0 amide bonds. The molecule has 0 bridgehead atoms. The standard InChI is InChI=1S/C12H19NO/c1-3-11(13-4-2)12(14)10-8-6-5-7-9-10/h5-9,11-14H,3-4H2,1-2H3.